The summed E-state index contributed by atoms with van der Waals surface area (Å²) in [6, 6.07) is 0. The van der Waals surface area contributed by atoms with Gasteiger partial charge in [-0.3, -0.25) is 0 Å². The third kappa shape index (κ3) is 1.86. The molecule has 17 heavy (non-hydrogen) atoms. The first-order valence-corrected chi connectivity index (χ1v) is 6.86. The highest BCUT2D eigenvalue weighted by atomic mass is 16.3. The second-order valence-electron chi connectivity index (χ2n) is 6.64. The highest BCUT2D eigenvalue weighted by Gasteiger charge is 2.53. The normalized spacial score (nSPS) is 46.3. The molecule has 0 aromatic heterocycles. The summed E-state index contributed by atoms with van der Waals surface area (Å²) in [7, 11) is 0. The summed E-state index contributed by atoms with van der Waals surface area (Å²) >= 11 is 0. The van der Waals surface area contributed by atoms with E-state index < -0.39 is 0 Å². The van der Waals surface area contributed by atoms with Crippen LogP contribution in [0.5, 0.6) is 0 Å². The molecule has 2 aliphatic carbocycles. The zero-order valence-electron chi connectivity index (χ0n) is 11.4. The molecular formula is C15H26O2. The lowest BCUT2D eigenvalue weighted by Crippen LogP contribution is -2.51. The average molecular weight is 238 g/mol. The van der Waals surface area contributed by atoms with E-state index in [9.17, 15) is 10.2 Å². The van der Waals surface area contributed by atoms with Crippen molar-refractivity contribution in [1.82, 2.24) is 0 Å². The molecule has 0 aliphatic heterocycles. The lowest BCUT2D eigenvalue weighted by molar-refractivity contribution is -0.0816. The van der Waals surface area contributed by atoms with Gasteiger partial charge in [0.25, 0.3) is 0 Å². The van der Waals surface area contributed by atoms with Crippen LogP contribution in [0, 0.1) is 22.7 Å². The maximum Gasteiger partial charge on any atom is 0.0501 e. The first-order valence-electron chi connectivity index (χ1n) is 6.86. The van der Waals surface area contributed by atoms with Crippen molar-refractivity contribution >= 4 is 0 Å². The van der Waals surface area contributed by atoms with Gasteiger partial charge < -0.3 is 10.2 Å². The Hall–Kier alpha value is -0.340. The largest absolute Gasteiger partial charge is 0.396 e. The predicted molar refractivity (Wildman–Crippen MR) is 69.6 cm³/mol. The van der Waals surface area contributed by atoms with Gasteiger partial charge in [0.05, 0.1) is 6.61 Å². The summed E-state index contributed by atoms with van der Waals surface area (Å²) in [5.41, 5.74) is 1.55. The Morgan fingerprint density at radius 3 is 2.59 bits per heavy atom. The van der Waals surface area contributed by atoms with E-state index in [0.29, 0.717) is 5.92 Å². The lowest BCUT2D eigenvalue weighted by Gasteiger charge is -2.57. The van der Waals surface area contributed by atoms with Gasteiger partial charge in [-0.2, -0.15) is 0 Å². The van der Waals surface area contributed by atoms with Crippen molar-refractivity contribution in [3.8, 4) is 0 Å². The quantitative estimate of drug-likeness (QED) is 0.726. The maximum absolute atomic E-state index is 9.75. The maximum atomic E-state index is 9.75. The zero-order chi connectivity index (χ0) is 12.7. The van der Waals surface area contributed by atoms with Crippen molar-refractivity contribution in [3.63, 3.8) is 0 Å². The summed E-state index contributed by atoms with van der Waals surface area (Å²) in [6.07, 6.45) is 6.83. The molecule has 0 radical (unpaired) electrons. The Morgan fingerprint density at radius 2 is 2.00 bits per heavy atom. The number of aliphatic hydroxyl groups is 2. The van der Waals surface area contributed by atoms with Crippen LogP contribution in [0.2, 0.25) is 0 Å². The highest BCUT2D eigenvalue weighted by molar-refractivity contribution is 5.18. The van der Waals surface area contributed by atoms with Crippen LogP contribution in [-0.4, -0.2) is 23.4 Å². The van der Waals surface area contributed by atoms with Crippen LogP contribution in [-0.2, 0) is 0 Å². The fraction of sp³-hybridized carbons (Fsp3) is 0.867. The van der Waals surface area contributed by atoms with Crippen LogP contribution >= 0.6 is 0 Å². The predicted octanol–water partition coefficient (Wildman–Crippen LogP) is 2.75. The van der Waals surface area contributed by atoms with Crippen molar-refractivity contribution in [2.75, 3.05) is 13.2 Å². The third-order valence-corrected chi connectivity index (χ3v) is 5.67. The van der Waals surface area contributed by atoms with Crippen LogP contribution in [0.3, 0.4) is 0 Å². The van der Waals surface area contributed by atoms with E-state index >= 15 is 0 Å². The molecule has 2 rings (SSSR count). The Balaban J connectivity index is 2.39. The van der Waals surface area contributed by atoms with Crippen molar-refractivity contribution in [2.24, 2.45) is 22.7 Å². The molecule has 0 aromatic carbocycles. The molecule has 0 saturated heterocycles. The van der Waals surface area contributed by atoms with E-state index in [4.69, 9.17) is 0 Å². The van der Waals surface area contributed by atoms with Crippen molar-refractivity contribution in [3.05, 3.63) is 11.6 Å². The first-order chi connectivity index (χ1) is 7.98. The Bertz CT molecular complexity index is 323. The molecule has 0 bridgehead atoms. The summed E-state index contributed by atoms with van der Waals surface area (Å²) in [6.45, 7) is 7.21. The summed E-state index contributed by atoms with van der Waals surface area (Å²) in [4.78, 5) is 0. The molecule has 1 fully saturated rings. The molecule has 0 amide bonds. The summed E-state index contributed by atoms with van der Waals surface area (Å²) in [5.74, 6) is 0.794. The molecule has 2 aliphatic rings. The number of hydrogen-bond donors (Lipinski definition) is 2. The zero-order valence-corrected chi connectivity index (χ0v) is 11.4. The second-order valence-corrected chi connectivity index (χ2v) is 6.64. The standard InChI is InChI=1S/C15H26O2/c1-11-5-6-13-14(2,10-17)7-4-8-15(13,3)12(11)9-16/h5,12-13,16-17H,4,6-10H2,1-3H3/t12-,13+,14-,15+/m0/s1. The molecule has 0 heterocycles. The van der Waals surface area contributed by atoms with Gasteiger partial charge in [-0.25, -0.2) is 0 Å². The van der Waals surface area contributed by atoms with E-state index in [1.54, 1.807) is 0 Å². The monoisotopic (exact) mass is 238 g/mol. The van der Waals surface area contributed by atoms with Gasteiger partial charge in [0.2, 0.25) is 0 Å². The highest BCUT2D eigenvalue weighted by Crippen LogP contribution is 2.59. The molecule has 0 spiro atoms. The minimum atomic E-state index is 0.0393. The minimum Gasteiger partial charge on any atom is -0.396 e. The second kappa shape index (κ2) is 4.40. The fourth-order valence-electron chi connectivity index (χ4n) is 4.50. The number of allylic oxidation sites excluding steroid dienone is 1. The van der Waals surface area contributed by atoms with E-state index in [1.165, 1.54) is 18.4 Å². The van der Waals surface area contributed by atoms with E-state index in [-0.39, 0.29) is 30.0 Å². The fourth-order valence-corrected chi connectivity index (χ4v) is 4.50. The van der Waals surface area contributed by atoms with Gasteiger partial charge >= 0.3 is 0 Å². The van der Waals surface area contributed by atoms with Crippen molar-refractivity contribution in [1.29, 1.82) is 0 Å². The lowest BCUT2D eigenvalue weighted by atomic mass is 9.48. The number of fused-ring (bicyclic) bond motifs is 1. The van der Waals surface area contributed by atoms with Crippen LogP contribution in [0.15, 0.2) is 11.6 Å². The summed E-state index contributed by atoms with van der Waals surface area (Å²) in [5, 5.41) is 19.5. The molecule has 1 saturated carbocycles. The van der Waals surface area contributed by atoms with E-state index in [2.05, 4.69) is 26.8 Å². The van der Waals surface area contributed by atoms with Gasteiger partial charge in [-0.05, 0) is 42.9 Å². The number of rotatable bonds is 2. The number of aliphatic hydroxyl groups excluding tert-OH is 2. The smallest absolute Gasteiger partial charge is 0.0501 e. The number of hydrogen-bond acceptors (Lipinski definition) is 2. The first kappa shape index (κ1) is 13.1. The van der Waals surface area contributed by atoms with Crippen LogP contribution < -0.4 is 0 Å². The summed E-state index contributed by atoms with van der Waals surface area (Å²) < 4.78 is 0. The molecule has 0 unspecified atom stereocenters. The molecule has 2 nitrogen and oxygen atoms in total. The van der Waals surface area contributed by atoms with Crippen LogP contribution in [0.1, 0.15) is 46.5 Å². The molecule has 2 N–H and O–H groups in total. The third-order valence-electron chi connectivity index (χ3n) is 5.67. The SMILES string of the molecule is CC1=CC[C@@H]2[C@](C)(CO)CCC[C@]2(C)[C@H]1CO. The van der Waals surface area contributed by atoms with Gasteiger partial charge in [-0.15, -0.1) is 0 Å². The Morgan fingerprint density at radius 1 is 1.29 bits per heavy atom. The Labute approximate surface area is 105 Å². The van der Waals surface area contributed by atoms with Gasteiger partial charge in [-0.1, -0.05) is 31.9 Å². The van der Waals surface area contributed by atoms with Gasteiger partial charge in [0.1, 0.15) is 0 Å². The van der Waals surface area contributed by atoms with Gasteiger partial charge in [0, 0.05) is 12.5 Å². The average Bonchev–Trinajstić information content (AvgIpc) is 2.28. The van der Waals surface area contributed by atoms with Gasteiger partial charge in [0.15, 0.2) is 0 Å². The van der Waals surface area contributed by atoms with E-state index in [0.717, 1.165) is 12.8 Å². The molecule has 4 atom stereocenters. The van der Waals surface area contributed by atoms with Crippen molar-refractivity contribution < 1.29 is 10.2 Å². The van der Waals surface area contributed by atoms with E-state index in [1.807, 2.05) is 0 Å². The topological polar surface area (TPSA) is 40.5 Å². The van der Waals surface area contributed by atoms with Crippen molar-refractivity contribution in [2.45, 2.75) is 46.5 Å². The molecule has 0 aromatic rings. The molecular weight excluding hydrogens is 212 g/mol. The minimum absolute atomic E-state index is 0.0393. The molecule has 2 heteroatoms. The van der Waals surface area contributed by atoms with Crippen LogP contribution in [0.25, 0.3) is 0 Å². The van der Waals surface area contributed by atoms with Crippen LogP contribution in [0.4, 0.5) is 0 Å². The molecule has 98 valence electrons. The Kier molecular flexibility index (Phi) is 3.39.